The SMILES string of the molecule is CC(N)c1cccc(NC(=O)NC(C)C(C)C)c1. The van der Waals surface area contributed by atoms with Gasteiger partial charge in [-0.25, -0.2) is 4.79 Å². The quantitative estimate of drug-likeness (QED) is 0.768. The molecule has 0 radical (unpaired) electrons. The number of urea groups is 1. The van der Waals surface area contributed by atoms with Gasteiger partial charge >= 0.3 is 6.03 Å². The molecule has 1 aromatic rings. The number of benzene rings is 1. The van der Waals surface area contributed by atoms with Crippen molar-refractivity contribution in [2.24, 2.45) is 11.7 Å². The molecule has 100 valence electrons. The maximum absolute atomic E-state index is 11.8. The Labute approximate surface area is 109 Å². The van der Waals surface area contributed by atoms with Gasteiger partial charge in [0.2, 0.25) is 0 Å². The van der Waals surface area contributed by atoms with Crippen LogP contribution in [0.25, 0.3) is 0 Å². The van der Waals surface area contributed by atoms with Gasteiger partial charge in [0, 0.05) is 17.8 Å². The Morgan fingerprint density at radius 3 is 2.44 bits per heavy atom. The molecule has 1 aromatic carbocycles. The van der Waals surface area contributed by atoms with E-state index in [1.165, 1.54) is 0 Å². The zero-order chi connectivity index (χ0) is 13.7. The number of carbonyl (C=O) groups is 1. The Bertz CT molecular complexity index is 402. The molecule has 0 aliphatic carbocycles. The van der Waals surface area contributed by atoms with Crippen LogP contribution in [0.1, 0.15) is 39.3 Å². The summed E-state index contributed by atoms with van der Waals surface area (Å²) in [4.78, 5) is 11.8. The molecular formula is C14H23N3O. The molecule has 1 rings (SSSR count). The molecule has 2 amide bonds. The lowest BCUT2D eigenvalue weighted by Gasteiger charge is -2.18. The maximum atomic E-state index is 11.8. The third-order valence-electron chi connectivity index (χ3n) is 3.03. The molecule has 0 saturated heterocycles. The lowest BCUT2D eigenvalue weighted by molar-refractivity contribution is 0.246. The van der Waals surface area contributed by atoms with E-state index in [1.807, 2.05) is 38.1 Å². The predicted molar refractivity (Wildman–Crippen MR) is 75.5 cm³/mol. The van der Waals surface area contributed by atoms with Crippen molar-refractivity contribution in [2.45, 2.75) is 39.8 Å². The molecule has 4 heteroatoms. The minimum atomic E-state index is -0.182. The van der Waals surface area contributed by atoms with Crippen molar-refractivity contribution >= 4 is 11.7 Å². The Hall–Kier alpha value is -1.55. The van der Waals surface area contributed by atoms with Gasteiger partial charge < -0.3 is 16.4 Å². The van der Waals surface area contributed by atoms with Gasteiger partial charge in [-0.15, -0.1) is 0 Å². The zero-order valence-corrected chi connectivity index (χ0v) is 11.5. The van der Waals surface area contributed by atoms with Crippen LogP contribution in [0.15, 0.2) is 24.3 Å². The van der Waals surface area contributed by atoms with Gasteiger partial charge in [0.25, 0.3) is 0 Å². The van der Waals surface area contributed by atoms with Crippen LogP contribution >= 0.6 is 0 Å². The molecule has 2 atom stereocenters. The van der Waals surface area contributed by atoms with E-state index >= 15 is 0 Å². The molecule has 4 nitrogen and oxygen atoms in total. The van der Waals surface area contributed by atoms with Crippen LogP contribution in [0.5, 0.6) is 0 Å². The Kier molecular flexibility index (Phi) is 5.16. The van der Waals surface area contributed by atoms with Gasteiger partial charge in [-0.1, -0.05) is 26.0 Å². The molecule has 0 fully saturated rings. The Morgan fingerprint density at radius 2 is 1.89 bits per heavy atom. The first-order chi connectivity index (χ1) is 8.40. The summed E-state index contributed by atoms with van der Waals surface area (Å²) in [6.45, 7) is 8.05. The van der Waals surface area contributed by atoms with E-state index in [9.17, 15) is 4.79 Å². The van der Waals surface area contributed by atoms with Crippen molar-refractivity contribution in [3.8, 4) is 0 Å². The summed E-state index contributed by atoms with van der Waals surface area (Å²) in [5, 5.41) is 5.71. The van der Waals surface area contributed by atoms with Crippen LogP contribution in [0.3, 0.4) is 0 Å². The molecular weight excluding hydrogens is 226 g/mol. The average Bonchev–Trinajstić information content (AvgIpc) is 2.28. The van der Waals surface area contributed by atoms with Gasteiger partial charge in [0.15, 0.2) is 0 Å². The molecule has 0 aliphatic heterocycles. The third kappa shape index (κ3) is 4.37. The minimum absolute atomic E-state index is 0.0376. The number of amides is 2. The molecule has 0 aliphatic rings. The van der Waals surface area contributed by atoms with Crippen molar-refractivity contribution in [1.29, 1.82) is 0 Å². The van der Waals surface area contributed by atoms with Gasteiger partial charge in [-0.2, -0.15) is 0 Å². The van der Waals surface area contributed by atoms with E-state index in [-0.39, 0.29) is 18.1 Å². The Balaban J connectivity index is 2.62. The van der Waals surface area contributed by atoms with E-state index < -0.39 is 0 Å². The number of nitrogens with one attached hydrogen (secondary N) is 2. The lowest BCUT2D eigenvalue weighted by atomic mass is 10.1. The number of anilines is 1. The highest BCUT2D eigenvalue weighted by molar-refractivity contribution is 5.89. The van der Waals surface area contributed by atoms with Gasteiger partial charge in [0.05, 0.1) is 0 Å². The lowest BCUT2D eigenvalue weighted by Crippen LogP contribution is -2.39. The summed E-state index contributed by atoms with van der Waals surface area (Å²) in [5.41, 5.74) is 7.57. The van der Waals surface area contributed by atoms with Crippen LogP contribution in [0.2, 0.25) is 0 Å². The van der Waals surface area contributed by atoms with E-state index in [0.29, 0.717) is 5.92 Å². The smallest absolute Gasteiger partial charge is 0.319 e. The molecule has 0 saturated carbocycles. The van der Waals surface area contributed by atoms with Crippen molar-refractivity contribution in [2.75, 3.05) is 5.32 Å². The topological polar surface area (TPSA) is 67.1 Å². The van der Waals surface area contributed by atoms with Crippen LogP contribution in [0, 0.1) is 5.92 Å². The molecule has 18 heavy (non-hydrogen) atoms. The fourth-order valence-electron chi connectivity index (χ4n) is 1.44. The first kappa shape index (κ1) is 14.5. The molecule has 4 N–H and O–H groups in total. The summed E-state index contributed by atoms with van der Waals surface area (Å²) >= 11 is 0. The first-order valence-corrected chi connectivity index (χ1v) is 6.33. The van der Waals surface area contributed by atoms with E-state index in [0.717, 1.165) is 11.3 Å². The van der Waals surface area contributed by atoms with Crippen molar-refractivity contribution in [1.82, 2.24) is 5.32 Å². The van der Waals surface area contributed by atoms with Gasteiger partial charge in [0.1, 0.15) is 0 Å². The number of carbonyl (C=O) groups excluding carboxylic acids is 1. The van der Waals surface area contributed by atoms with Crippen molar-refractivity contribution in [3.05, 3.63) is 29.8 Å². The molecule has 0 bridgehead atoms. The average molecular weight is 249 g/mol. The van der Waals surface area contributed by atoms with E-state index in [4.69, 9.17) is 5.73 Å². The fourth-order valence-corrected chi connectivity index (χ4v) is 1.44. The number of hydrogen-bond donors (Lipinski definition) is 3. The highest BCUT2D eigenvalue weighted by Crippen LogP contribution is 2.15. The highest BCUT2D eigenvalue weighted by atomic mass is 16.2. The number of rotatable bonds is 4. The monoisotopic (exact) mass is 249 g/mol. The highest BCUT2D eigenvalue weighted by Gasteiger charge is 2.10. The molecule has 0 heterocycles. The normalized spacial score (nSPS) is 14.1. The van der Waals surface area contributed by atoms with E-state index in [1.54, 1.807) is 0 Å². The van der Waals surface area contributed by atoms with Crippen LogP contribution in [-0.4, -0.2) is 12.1 Å². The van der Waals surface area contributed by atoms with Crippen LogP contribution in [0.4, 0.5) is 10.5 Å². The minimum Gasteiger partial charge on any atom is -0.335 e. The van der Waals surface area contributed by atoms with Crippen LogP contribution in [-0.2, 0) is 0 Å². The predicted octanol–water partition coefficient (Wildman–Crippen LogP) is 2.87. The fraction of sp³-hybridized carbons (Fsp3) is 0.500. The molecule has 2 unspecified atom stereocenters. The van der Waals surface area contributed by atoms with Gasteiger partial charge in [-0.3, -0.25) is 0 Å². The molecule has 0 aromatic heterocycles. The number of hydrogen-bond acceptors (Lipinski definition) is 2. The third-order valence-corrected chi connectivity index (χ3v) is 3.03. The first-order valence-electron chi connectivity index (χ1n) is 6.33. The summed E-state index contributed by atoms with van der Waals surface area (Å²) in [6.07, 6.45) is 0. The maximum Gasteiger partial charge on any atom is 0.319 e. The molecule has 0 spiro atoms. The summed E-state index contributed by atoms with van der Waals surface area (Å²) < 4.78 is 0. The second kappa shape index (κ2) is 6.40. The standard InChI is InChI=1S/C14H23N3O/c1-9(2)11(4)16-14(18)17-13-7-5-6-12(8-13)10(3)15/h5-11H,15H2,1-4H3,(H2,16,17,18). The van der Waals surface area contributed by atoms with Crippen molar-refractivity contribution < 1.29 is 4.79 Å². The van der Waals surface area contributed by atoms with Crippen molar-refractivity contribution in [3.63, 3.8) is 0 Å². The second-order valence-electron chi connectivity index (χ2n) is 5.05. The largest absolute Gasteiger partial charge is 0.335 e. The van der Waals surface area contributed by atoms with Crippen LogP contribution < -0.4 is 16.4 Å². The zero-order valence-electron chi connectivity index (χ0n) is 11.5. The van der Waals surface area contributed by atoms with Gasteiger partial charge in [-0.05, 0) is 37.5 Å². The Morgan fingerprint density at radius 1 is 1.22 bits per heavy atom. The summed E-state index contributed by atoms with van der Waals surface area (Å²) in [5.74, 6) is 0.408. The van der Waals surface area contributed by atoms with E-state index in [2.05, 4.69) is 24.5 Å². The summed E-state index contributed by atoms with van der Waals surface area (Å²) in [7, 11) is 0. The number of nitrogens with two attached hydrogens (primary N) is 1. The second-order valence-corrected chi connectivity index (χ2v) is 5.05. The summed E-state index contributed by atoms with van der Waals surface area (Å²) in [6, 6.07) is 7.50.